The number of nitrogens with one attached hydrogen (secondary N) is 2. The summed E-state index contributed by atoms with van der Waals surface area (Å²) in [6.45, 7) is 3.54. The molecular formula is C22H28ClN3O3. The van der Waals surface area contributed by atoms with Crippen LogP contribution in [0, 0.1) is 5.92 Å². The maximum absolute atomic E-state index is 12.3. The summed E-state index contributed by atoms with van der Waals surface area (Å²) in [5.41, 5.74) is 1.78. The van der Waals surface area contributed by atoms with Gasteiger partial charge in [-0.25, -0.2) is 4.79 Å². The van der Waals surface area contributed by atoms with Gasteiger partial charge in [0.05, 0.1) is 19.9 Å². The normalized spacial score (nSPS) is 15.0. The van der Waals surface area contributed by atoms with E-state index < -0.39 is 0 Å². The molecule has 1 aliphatic rings. The molecule has 7 heteroatoms. The van der Waals surface area contributed by atoms with E-state index in [1.54, 1.807) is 32.4 Å². The van der Waals surface area contributed by atoms with Gasteiger partial charge in [0.1, 0.15) is 11.5 Å². The van der Waals surface area contributed by atoms with E-state index in [-0.39, 0.29) is 6.03 Å². The second-order valence-corrected chi connectivity index (χ2v) is 7.62. The summed E-state index contributed by atoms with van der Waals surface area (Å²) in [6.07, 6.45) is 2.10. The lowest BCUT2D eigenvalue weighted by atomic mass is 9.96. The van der Waals surface area contributed by atoms with Crippen LogP contribution in [0.5, 0.6) is 11.5 Å². The summed E-state index contributed by atoms with van der Waals surface area (Å²) >= 11 is 6.26. The van der Waals surface area contributed by atoms with Crippen molar-refractivity contribution < 1.29 is 14.3 Å². The number of likely N-dealkylation sites (tertiary alicyclic amines) is 1. The fraction of sp³-hybridized carbons (Fsp3) is 0.409. The number of hydrogen-bond acceptors (Lipinski definition) is 4. The van der Waals surface area contributed by atoms with Crippen molar-refractivity contribution in [3.05, 3.63) is 53.1 Å². The lowest BCUT2D eigenvalue weighted by molar-refractivity contribution is 0.176. The first-order valence-electron chi connectivity index (χ1n) is 9.81. The Morgan fingerprint density at radius 1 is 1.14 bits per heavy atom. The number of urea groups is 1. The van der Waals surface area contributed by atoms with Gasteiger partial charge in [-0.15, -0.1) is 0 Å². The van der Waals surface area contributed by atoms with Gasteiger partial charge in [-0.05, 0) is 55.6 Å². The summed E-state index contributed by atoms with van der Waals surface area (Å²) in [4.78, 5) is 14.7. The van der Waals surface area contributed by atoms with Gasteiger partial charge in [0.15, 0.2) is 0 Å². The van der Waals surface area contributed by atoms with Gasteiger partial charge in [-0.2, -0.15) is 0 Å². The molecule has 0 radical (unpaired) electrons. The van der Waals surface area contributed by atoms with Crippen LogP contribution in [0.4, 0.5) is 10.5 Å². The second kappa shape index (κ2) is 10.4. The highest BCUT2D eigenvalue weighted by Gasteiger charge is 2.20. The van der Waals surface area contributed by atoms with Crippen LogP contribution >= 0.6 is 11.6 Å². The second-order valence-electron chi connectivity index (χ2n) is 7.21. The van der Waals surface area contributed by atoms with Gasteiger partial charge in [0, 0.05) is 24.2 Å². The number of anilines is 1. The molecular weight excluding hydrogens is 390 g/mol. The lowest BCUT2D eigenvalue weighted by Crippen LogP contribution is -2.39. The van der Waals surface area contributed by atoms with Crippen molar-refractivity contribution in [2.24, 2.45) is 5.92 Å². The largest absolute Gasteiger partial charge is 0.497 e. The van der Waals surface area contributed by atoms with Gasteiger partial charge >= 0.3 is 6.03 Å². The van der Waals surface area contributed by atoms with Crippen LogP contribution in [0.15, 0.2) is 42.5 Å². The molecule has 6 nitrogen and oxygen atoms in total. The number of amides is 2. The average Bonchev–Trinajstić information content (AvgIpc) is 2.75. The van der Waals surface area contributed by atoms with Crippen LogP contribution < -0.4 is 20.1 Å². The Balaban J connectivity index is 1.42. The predicted octanol–water partition coefficient (Wildman–Crippen LogP) is 4.39. The molecule has 0 unspecified atom stereocenters. The maximum atomic E-state index is 12.3. The molecule has 1 aliphatic heterocycles. The molecule has 0 aromatic heterocycles. The van der Waals surface area contributed by atoms with E-state index in [2.05, 4.69) is 21.6 Å². The quantitative estimate of drug-likeness (QED) is 0.701. The number of benzene rings is 2. The molecule has 0 atom stereocenters. The summed E-state index contributed by atoms with van der Waals surface area (Å²) in [5, 5.41) is 6.64. The zero-order valence-corrected chi connectivity index (χ0v) is 17.7. The highest BCUT2D eigenvalue weighted by Crippen LogP contribution is 2.29. The Kier molecular flexibility index (Phi) is 7.61. The molecule has 1 heterocycles. The van der Waals surface area contributed by atoms with Crippen LogP contribution in [0.25, 0.3) is 0 Å². The summed E-state index contributed by atoms with van der Waals surface area (Å²) in [5.74, 6) is 1.71. The number of ether oxygens (including phenoxy) is 2. The number of hydrogen-bond donors (Lipinski definition) is 2. The minimum absolute atomic E-state index is 0.230. The van der Waals surface area contributed by atoms with Crippen molar-refractivity contribution in [1.82, 2.24) is 10.2 Å². The highest BCUT2D eigenvalue weighted by atomic mass is 35.5. The minimum Gasteiger partial charge on any atom is -0.497 e. The zero-order valence-electron chi connectivity index (χ0n) is 16.9. The molecule has 0 saturated carbocycles. The van der Waals surface area contributed by atoms with Crippen molar-refractivity contribution >= 4 is 23.3 Å². The van der Waals surface area contributed by atoms with Crippen LogP contribution in [0.2, 0.25) is 5.02 Å². The lowest BCUT2D eigenvalue weighted by Gasteiger charge is -2.32. The molecule has 2 aromatic rings. The van der Waals surface area contributed by atoms with E-state index in [4.69, 9.17) is 21.1 Å². The van der Waals surface area contributed by atoms with Crippen molar-refractivity contribution in [1.29, 1.82) is 0 Å². The number of halogens is 1. The van der Waals surface area contributed by atoms with Gasteiger partial charge in [-0.3, -0.25) is 4.90 Å². The number of piperidine rings is 1. The number of nitrogens with zero attached hydrogens (tertiary/aromatic N) is 1. The third-order valence-electron chi connectivity index (χ3n) is 5.27. The van der Waals surface area contributed by atoms with E-state index in [0.29, 0.717) is 29.6 Å². The first-order valence-corrected chi connectivity index (χ1v) is 10.2. The fourth-order valence-electron chi connectivity index (χ4n) is 3.52. The third kappa shape index (κ3) is 6.02. The monoisotopic (exact) mass is 417 g/mol. The number of methoxy groups -OCH3 is 2. The maximum Gasteiger partial charge on any atom is 0.319 e. The molecule has 1 saturated heterocycles. The Labute approximate surface area is 177 Å². The topological polar surface area (TPSA) is 62.8 Å². The Morgan fingerprint density at radius 3 is 2.59 bits per heavy atom. The molecule has 0 aliphatic carbocycles. The Hall–Kier alpha value is -2.44. The molecule has 1 fully saturated rings. The first kappa shape index (κ1) is 21.3. The minimum atomic E-state index is -0.230. The molecule has 2 aromatic carbocycles. The van der Waals surface area contributed by atoms with Crippen molar-refractivity contribution in [3.8, 4) is 11.5 Å². The van der Waals surface area contributed by atoms with Gasteiger partial charge in [0.25, 0.3) is 0 Å². The van der Waals surface area contributed by atoms with Gasteiger partial charge < -0.3 is 20.1 Å². The van der Waals surface area contributed by atoms with Gasteiger partial charge in [0.2, 0.25) is 0 Å². The summed E-state index contributed by atoms with van der Waals surface area (Å²) < 4.78 is 10.5. The van der Waals surface area contributed by atoms with Crippen LogP contribution in [0.1, 0.15) is 18.4 Å². The van der Waals surface area contributed by atoms with Crippen LogP contribution in [-0.4, -0.2) is 44.8 Å². The van der Waals surface area contributed by atoms with E-state index >= 15 is 0 Å². The van der Waals surface area contributed by atoms with Crippen LogP contribution in [0.3, 0.4) is 0 Å². The highest BCUT2D eigenvalue weighted by molar-refractivity contribution is 6.31. The molecule has 3 rings (SSSR count). The standard InChI is InChI=1S/C22H28ClN3O3/c1-28-18-7-8-20(21(13-18)29-2)25-22(27)24-14-16-9-11-26(12-10-16)15-17-5-3-4-6-19(17)23/h3-8,13,16H,9-12,14-15H2,1-2H3,(H2,24,25,27). The zero-order chi connectivity index (χ0) is 20.6. The third-order valence-corrected chi connectivity index (χ3v) is 5.64. The summed E-state index contributed by atoms with van der Waals surface area (Å²) in [7, 11) is 3.16. The van der Waals surface area contributed by atoms with Crippen molar-refractivity contribution in [2.45, 2.75) is 19.4 Å². The van der Waals surface area contributed by atoms with Crippen LogP contribution in [-0.2, 0) is 6.54 Å². The predicted molar refractivity (Wildman–Crippen MR) is 116 cm³/mol. The number of carbonyl (C=O) groups is 1. The van der Waals surface area contributed by atoms with E-state index in [9.17, 15) is 4.79 Å². The Morgan fingerprint density at radius 2 is 1.90 bits per heavy atom. The SMILES string of the molecule is COc1ccc(NC(=O)NCC2CCN(Cc3ccccc3Cl)CC2)c(OC)c1. The number of carbonyl (C=O) groups excluding carboxylic acids is 1. The molecule has 2 N–H and O–H groups in total. The van der Waals surface area contributed by atoms with Crippen molar-refractivity contribution in [2.75, 3.05) is 39.2 Å². The molecule has 29 heavy (non-hydrogen) atoms. The first-order chi connectivity index (χ1) is 14.1. The molecule has 156 valence electrons. The molecule has 2 amide bonds. The molecule has 0 bridgehead atoms. The average molecular weight is 418 g/mol. The van der Waals surface area contributed by atoms with E-state index in [0.717, 1.165) is 37.5 Å². The fourth-order valence-corrected chi connectivity index (χ4v) is 3.72. The van der Waals surface area contributed by atoms with E-state index in [1.807, 2.05) is 18.2 Å². The summed E-state index contributed by atoms with van der Waals surface area (Å²) in [6, 6.07) is 13.1. The van der Waals surface area contributed by atoms with E-state index in [1.165, 1.54) is 5.56 Å². The molecule has 0 spiro atoms. The Bertz CT molecular complexity index is 823. The smallest absolute Gasteiger partial charge is 0.319 e. The van der Waals surface area contributed by atoms with Crippen molar-refractivity contribution in [3.63, 3.8) is 0 Å². The number of rotatable bonds is 7. The van der Waals surface area contributed by atoms with Gasteiger partial charge in [-0.1, -0.05) is 29.8 Å².